The van der Waals surface area contributed by atoms with Crippen molar-refractivity contribution >= 4 is 23.3 Å². The number of carboxylic acid groups (broad SMARTS) is 1. The number of alkyl halides is 3. The van der Waals surface area contributed by atoms with Crippen molar-refractivity contribution in [2.24, 2.45) is 0 Å². The molecule has 0 radical (unpaired) electrons. The van der Waals surface area contributed by atoms with Crippen LogP contribution in [0.2, 0.25) is 0 Å². The van der Waals surface area contributed by atoms with Gasteiger partial charge in [-0.05, 0) is 45.4 Å². The molecule has 2 aliphatic carbocycles. The largest absolute Gasteiger partial charge is 0.490 e. The summed E-state index contributed by atoms with van der Waals surface area (Å²) in [5, 5.41) is 9.93. The highest BCUT2D eigenvalue weighted by atomic mass is 19.4. The molecule has 1 amide bonds. The summed E-state index contributed by atoms with van der Waals surface area (Å²) >= 11 is 0. The minimum Gasteiger partial charge on any atom is -0.475 e. The lowest BCUT2D eigenvalue weighted by atomic mass is 9.84. The van der Waals surface area contributed by atoms with E-state index in [4.69, 9.17) is 28.8 Å². The van der Waals surface area contributed by atoms with Gasteiger partial charge in [-0.25, -0.2) is 14.8 Å². The molecule has 6 rings (SSSR count). The Kier molecular flexibility index (Phi) is 6.32. The van der Waals surface area contributed by atoms with Crippen molar-refractivity contribution in [3.63, 3.8) is 0 Å². The Morgan fingerprint density at radius 2 is 1.95 bits per heavy atom. The average Bonchev–Trinajstić information content (AvgIpc) is 3.58. The molecule has 0 spiro atoms. The molecule has 11 nitrogen and oxygen atoms in total. The van der Waals surface area contributed by atoms with Crippen LogP contribution in [-0.4, -0.2) is 60.8 Å². The fraction of sp³-hybridized carbons (Fsp3) is 0.542. The monoisotopic (exact) mass is 537 g/mol. The first-order valence-electron chi connectivity index (χ1n) is 12.1. The molecular weight excluding hydrogens is 511 g/mol. The highest BCUT2D eigenvalue weighted by molar-refractivity contribution is 6.02. The number of nitrogens with zero attached hydrogens (tertiary/aromatic N) is 4. The van der Waals surface area contributed by atoms with Crippen molar-refractivity contribution < 1.29 is 41.8 Å². The molecule has 2 atom stereocenters. The Morgan fingerprint density at radius 3 is 2.45 bits per heavy atom. The van der Waals surface area contributed by atoms with E-state index >= 15 is 0 Å². The highest BCUT2D eigenvalue weighted by Gasteiger charge is 2.55. The van der Waals surface area contributed by atoms with E-state index < -0.39 is 12.1 Å². The van der Waals surface area contributed by atoms with Gasteiger partial charge in [-0.3, -0.25) is 9.20 Å². The Hall–Kier alpha value is -3.68. The molecule has 2 saturated carbocycles. The molecule has 38 heavy (non-hydrogen) atoms. The second-order valence-corrected chi connectivity index (χ2v) is 10.2. The molecule has 1 saturated heterocycles. The van der Waals surface area contributed by atoms with Gasteiger partial charge in [0.25, 0.3) is 11.8 Å². The summed E-state index contributed by atoms with van der Waals surface area (Å²) in [4.78, 5) is 35.1. The van der Waals surface area contributed by atoms with Crippen LogP contribution in [0.15, 0.2) is 23.1 Å². The number of anilines is 1. The van der Waals surface area contributed by atoms with Crippen molar-refractivity contribution in [3.8, 4) is 5.88 Å². The summed E-state index contributed by atoms with van der Waals surface area (Å²) in [6.45, 7) is 4.57. The number of imidazole rings is 1. The number of halogens is 3. The number of ether oxygens (including phenoxy) is 2. The van der Waals surface area contributed by atoms with E-state index in [0.717, 1.165) is 44.2 Å². The van der Waals surface area contributed by atoms with Gasteiger partial charge in [-0.2, -0.15) is 18.2 Å². The van der Waals surface area contributed by atoms with Crippen molar-refractivity contribution in [1.82, 2.24) is 19.4 Å². The zero-order chi connectivity index (χ0) is 27.3. The van der Waals surface area contributed by atoms with Crippen molar-refractivity contribution in [2.45, 2.75) is 75.7 Å². The maximum Gasteiger partial charge on any atom is 0.490 e. The zero-order valence-corrected chi connectivity index (χ0v) is 20.7. The fourth-order valence-electron chi connectivity index (χ4n) is 4.91. The van der Waals surface area contributed by atoms with Gasteiger partial charge in [0, 0.05) is 18.5 Å². The number of carbonyl (C=O) groups is 2. The molecule has 3 aromatic heterocycles. The second kappa shape index (κ2) is 9.26. The number of rotatable bonds is 5. The molecule has 4 heterocycles. The minimum absolute atomic E-state index is 0.0474. The predicted octanol–water partition coefficient (Wildman–Crippen LogP) is 4.05. The van der Waals surface area contributed by atoms with E-state index in [-0.39, 0.29) is 28.7 Å². The summed E-state index contributed by atoms with van der Waals surface area (Å²) < 4.78 is 51.0. The minimum atomic E-state index is -5.08. The third-order valence-electron chi connectivity index (χ3n) is 7.16. The number of aromatic nitrogens is 4. The van der Waals surface area contributed by atoms with Crippen molar-refractivity contribution in [3.05, 3.63) is 35.9 Å². The number of carboxylic acids is 1. The van der Waals surface area contributed by atoms with Crippen LogP contribution in [0.3, 0.4) is 0 Å². The molecule has 3 aromatic rings. The Labute approximate surface area is 214 Å². The SMILES string of the molecule is Cc1nc(C(=O)Nc2cn3cc(C45CCC(C)(C4)OC5)nc3c(OC3CCC3)n2)co1.O=C(O)C(F)(F)F. The molecule has 2 unspecified atom stereocenters. The van der Waals surface area contributed by atoms with Crippen LogP contribution in [0.1, 0.15) is 67.5 Å². The van der Waals surface area contributed by atoms with E-state index in [2.05, 4.69) is 22.2 Å². The lowest BCUT2D eigenvalue weighted by molar-refractivity contribution is -0.192. The standard InChI is InChI=1S/C22H25N5O4.C2HF3O2/c1-13-23-15(10-29-13)19(28)25-17-9-27-8-16(22-7-6-21(2,11-22)30-12-22)24-18(27)20(26-17)31-14-4-3-5-14;3-2(4,5)1(6)7/h8-10,14H,3-7,11-12H2,1-2H3,(H,25,28);(H,6,7). The van der Waals surface area contributed by atoms with Crippen molar-refractivity contribution in [1.29, 1.82) is 0 Å². The number of hydrogen-bond donors (Lipinski definition) is 2. The first-order chi connectivity index (χ1) is 17.9. The van der Waals surface area contributed by atoms with E-state index in [1.807, 2.05) is 10.6 Å². The Balaban J connectivity index is 0.000000374. The first-order valence-corrected chi connectivity index (χ1v) is 12.1. The highest BCUT2D eigenvalue weighted by Crippen LogP contribution is 2.53. The van der Waals surface area contributed by atoms with Gasteiger partial charge in [0.15, 0.2) is 17.4 Å². The molecule has 204 valence electrons. The number of carbonyl (C=O) groups excluding carboxylic acids is 1. The average molecular weight is 537 g/mol. The van der Waals surface area contributed by atoms with Crippen LogP contribution in [0.4, 0.5) is 19.0 Å². The molecule has 2 N–H and O–H groups in total. The predicted molar refractivity (Wildman–Crippen MR) is 124 cm³/mol. The summed E-state index contributed by atoms with van der Waals surface area (Å²) in [5.74, 6) is -1.88. The van der Waals surface area contributed by atoms with Gasteiger partial charge in [-0.1, -0.05) is 0 Å². The second-order valence-electron chi connectivity index (χ2n) is 10.2. The smallest absolute Gasteiger partial charge is 0.475 e. The Bertz CT molecular complexity index is 1370. The molecule has 0 aromatic carbocycles. The van der Waals surface area contributed by atoms with E-state index in [0.29, 0.717) is 29.8 Å². The zero-order valence-electron chi connectivity index (χ0n) is 20.7. The molecule has 1 aliphatic heterocycles. The van der Waals surface area contributed by atoms with E-state index in [1.54, 1.807) is 13.1 Å². The lowest BCUT2D eigenvalue weighted by Crippen LogP contribution is -2.27. The Morgan fingerprint density at radius 1 is 1.21 bits per heavy atom. The first kappa shape index (κ1) is 25.9. The molecule has 3 fully saturated rings. The van der Waals surface area contributed by atoms with Gasteiger partial charge in [0.2, 0.25) is 5.65 Å². The van der Waals surface area contributed by atoms with Gasteiger partial charge >= 0.3 is 12.1 Å². The summed E-state index contributed by atoms with van der Waals surface area (Å²) in [5.41, 5.74) is 1.78. The lowest BCUT2D eigenvalue weighted by Gasteiger charge is -2.26. The number of amides is 1. The quantitative estimate of drug-likeness (QED) is 0.493. The van der Waals surface area contributed by atoms with E-state index in [9.17, 15) is 18.0 Å². The van der Waals surface area contributed by atoms with Crippen LogP contribution in [0, 0.1) is 6.92 Å². The normalized spacial score (nSPS) is 24.6. The van der Waals surface area contributed by atoms with Gasteiger partial charge in [-0.15, -0.1) is 0 Å². The van der Waals surface area contributed by atoms with Gasteiger partial charge in [0.05, 0.1) is 24.1 Å². The number of fused-ring (bicyclic) bond motifs is 3. The summed E-state index contributed by atoms with van der Waals surface area (Å²) in [7, 11) is 0. The summed E-state index contributed by atoms with van der Waals surface area (Å²) in [6, 6.07) is 0. The molecule has 2 bridgehead atoms. The van der Waals surface area contributed by atoms with E-state index in [1.165, 1.54) is 6.26 Å². The van der Waals surface area contributed by atoms with Crippen LogP contribution in [0.25, 0.3) is 5.65 Å². The molecule has 14 heteroatoms. The maximum atomic E-state index is 12.6. The third-order valence-corrected chi connectivity index (χ3v) is 7.16. The topological polar surface area (TPSA) is 141 Å². The number of oxazole rings is 1. The summed E-state index contributed by atoms with van der Waals surface area (Å²) in [6.07, 6.45) is 6.44. The van der Waals surface area contributed by atoms with Crippen LogP contribution in [0.5, 0.6) is 5.88 Å². The maximum absolute atomic E-state index is 12.6. The van der Waals surface area contributed by atoms with Crippen molar-refractivity contribution in [2.75, 3.05) is 11.9 Å². The van der Waals surface area contributed by atoms with Crippen LogP contribution >= 0.6 is 0 Å². The number of aliphatic carboxylic acids is 1. The molecular formula is C24H26F3N5O6. The van der Waals surface area contributed by atoms with Crippen LogP contribution < -0.4 is 10.1 Å². The molecule has 3 aliphatic rings. The van der Waals surface area contributed by atoms with Crippen LogP contribution in [-0.2, 0) is 14.9 Å². The number of hydrogen-bond acceptors (Lipinski definition) is 8. The van der Waals surface area contributed by atoms with Gasteiger partial charge in [0.1, 0.15) is 12.4 Å². The number of aryl methyl sites for hydroxylation is 1. The number of nitrogens with one attached hydrogen (secondary N) is 1. The van der Waals surface area contributed by atoms with Gasteiger partial charge < -0.3 is 24.3 Å². The fourth-order valence-corrected chi connectivity index (χ4v) is 4.91. The third kappa shape index (κ3) is 5.04.